The van der Waals surface area contributed by atoms with Gasteiger partial charge in [-0.05, 0) is 42.0 Å². The van der Waals surface area contributed by atoms with Crippen LogP contribution in [0.2, 0.25) is 0 Å². The second-order valence-corrected chi connectivity index (χ2v) is 6.97. The van der Waals surface area contributed by atoms with Crippen molar-refractivity contribution in [2.45, 2.75) is 12.8 Å². The first-order chi connectivity index (χ1) is 15.1. The van der Waals surface area contributed by atoms with E-state index in [1.54, 1.807) is 30.5 Å². The molecule has 0 bridgehead atoms. The predicted octanol–water partition coefficient (Wildman–Crippen LogP) is 3.68. The molecule has 1 aliphatic heterocycles. The van der Waals surface area contributed by atoms with Gasteiger partial charge in [-0.1, -0.05) is 13.0 Å². The molecule has 1 unspecified atom stereocenters. The molecule has 2 N–H and O–H groups in total. The van der Waals surface area contributed by atoms with Crippen LogP contribution in [0.25, 0.3) is 0 Å². The largest absolute Gasteiger partial charge is 0.454 e. The van der Waals surface area contributed by atoms with E-state index in [1.165, 1.54) is 12.1 Å². The normalized spacial score (nSPS) is 13.7. The number of hydrazone groups is 1. The van der Waals surface area contributed by atoms with Gasteiger partial charge in [0.15, 0.2) is 11.5 Å². The van der Waals surface area contributed by atoms with E-state index in [0.29, 0.717) is 34.2 Å². The number of fused-ring (bicyclic) bond motifs is 1. The van der Waals surface area contributed by atoms with Crippen molar-refractivity contribution in [1.29, 1.82) is 0 Å². The van der Waals surface area contributed by atoms with Crippen molar-refractivity contribution in [2.75, 3.05) is 18.8 Å². The van der Waals surface area contributed by atoms with Gasteiger partial charge in [-0.15, -0.1) is 0 Å². The van der Waals surface area contributed by atoms with E-state index in [-0.39, 0.29) is 25.0 Å². The summed E-state index contributed by atoms with van der Waals surface area (Å²) < 4.78 is 11.0. The van der Waals surface area contributed by atoms with Gasteiger partial charge in [0, 0.05) is 42.0 Å². The van der Waals surface area contributed by atoms with E-state index in [4.69, 9.17) is 9.47 Å². The summed E-state index contributed by atoms with van der Waals surface area (Å²) in [7, 11) is 0. The number of nitro benzene ring substituents is 1. The molecule has 0 saturated carbocycles. The number of nitrogens with zero attached hydrogens (tertiary/aromatic N) is 3. The highest BCUT2D eigenvalue weighted by molar-refractivity contribution is 6.14. The molecule has 0 saturated heterocycles. The molecule has 3 aromatic rings. The first kappa shape index (κ1) is 20.3. The predicted molar refractivity (Wildman–Crippen MR) is 115 cm³/mol. The van der Waals surface area contributed by atoms with Crippen molar-refractivity contribution in [3.63, 3.8) is 0 Å². The number of benzene rings is 2. The summed E-state index contributed by atoms with van der Waals surface area (Å²) in [6, 6.07) is 15.2. The van der Waals surface area contributed by atoms with Gasteiger partial charge in [0.1, 0.15) is 5.82 Å². The molecule has 2 aromatic carbocycles. The van der Waals surface area contributed by atoms with E-state index >= 15 is 0 Å². The van der Waals surface area contributed by atoms with Crippen LogP contribution in [0.15, 0.2) is 65.9 Å². The number of pyridine rings is 1. The molecule has 0 amide bonds. The van der Waals surface area contributed by atoms with Crippen LogP contribution < -0.4 is 14.9 Å². The van der Waals surface area contributed by atoms with Crippen LogP contribution in [0.1, 0.15) is 29.5 Å². The lowest BCUT2D eigenvalue weighted by Gasteiger charge is -2.17. The van der Waals surface area contributed by atoms with Gasteiger partial charge >= 0.3 is 0 Å². The molecule has 0 aliphatic carbocycles. The number of anilines is 1. The van der Waals surface area contributed by atoms with Crippen molar-refractivity contribution < 1.29 is 19.5 Å². The summed E-state index contributed by atoms with van der Waals surface area (Å²) in [6.45, 7) is 1.93. The van der Waals surface area contributed by atoms with Crippen molar-refractivity contribution in [1.82, 2.24) is 4.98 Å². The smallest absolute Gasteiger partial charge is 0.269 e. The first-order valence-corrected chi connectivity index (χ1v) is 9.61. The molecule has 0 radical (unpaired) electrons. The van der Waals surface area contributed by atoms with Gasteiger partial charge in [0.25, 0.3) is 5.69 Å². The van der Waals surface area contributed by atoms with E-state index in [2.05, 4.69) is 15.5 Å². The molecule has 9 nitrogen and oxygen atoms in total. The zero-order valence-electron chi connectivity index (χ0n) is 16.7. The number of nitrogens with one attached hydrogen (secondary N) is 1. The number of ether oxygens (including phenoxy) is 2. The van der Waals surface area contributed by atoms with Crippen LogP contribution in [0.5, 0.6) is 11.5 Å². The molecule has 1 aromatic heterocycles. The zero-order chi connectivity index (χ0) is 21.8. The van der Waals surface area contributed by atoms with E-state index in [0.717, 1.165) is 5.56 Å². The maximum atomic E-state index is 11.1. The summed E-state index contributed by atoms with van der Waals surface area (Å²) in [6.07, 6.45) is 1.64. The first-order valence-electron chi connectivity index (χ1n) is 9.61. The second kappa shape index (κ2) is 8.80. The van der Waals surface area contributed by atoms with Crippen molar-refractivity contribution >= 4 is 17.2 Å². The van der Waals surface area contributed by atoms with Crippen LogP contribution in [-0.2, 0) is 0 Å². The minimum absolute atomic E-state index is 0.0181. The Balaban J connectivity index is 1.85. The molecule has 0 spiro atoms. The van der Waals surface area contributed by atoms with Crippen molar-refractivity contribution in [3.8, 4) is 11.5 Å². The average Bonchev–Trinajstić information content (AvgIpc) is 3.26. The summed E-state index contributed by atoms with van der Waals surface area (Å²) >= 11 is 0. The fourth-order valence-corrected chi connectivity index (χ4v) is 3.23. The Morgan fingerprint density at radius 2 is 1.97 bits per heavy atom. The van der Waals surface area contributed by atoms with Gasteiger partial charge < -0.3 is 14.6 Å². The van der Waals surface area contributed by atoms with Gasteiger partial charge in [-0.3, -0.25) is 15.5 Å². The lowest BCUT2D eigenvalue weighted by atomic mass is 9.90. The van der Waals surface area contributed by atoms with Crippen LogP contribution in [0.3, 0.4) is 0 Å². The number of aliphatic hydroxyl groups excluding tert-OH is 1. The summed E-state index contributed by atoms with van der Waals surface area (Å²) in [4.78, 5) is 14.8. The SMILES string of the molecule is CC(CO)c1cc2c(cc1/C(=N/Nc1ccccn1)c1ccc([N+](=O)[O-])cc1)OCO2. The molecular formula is C22H20N4O5. The van der Waals surface area contributed by atoms with Gasteiger partial charge in [0.2, 0.25) is 6.79 Å². The fourth-order valence-electron chi connectivity index (χ4n) is 3.23. The van der Waals surface area contributed by atoms with Crippen LogP contribution in [-0.4, -0.2) is 34.1 Å². The Labute approximate surface area is 178 Å². The third-order valence-corrected chi connectivity index (χ3v) is 4.90. The third-order valence-electron chi connectivity index (χ3n) is 4.90. The molecule has 158 valence electrons. The Bertz CT molecular complexity index is 1120. The molecule has 9 heteroatoms. The molecule has 2 heterocycles. The van der Waals surface area contributed by atoms with Crippen molar-refractivity contribution in [2.24, 2.45) is 5.10 Å². The lowest BCUT2D eigenvalue weighted by Crippen LogP contribution is -2.13. The maximum absolute atomic E-state index is 11.1. The molecule has 31 heavy (non-hydrogen) atoms. The molecule has 1 aliphatic rings. The number of rotatable bonds is 7. The molecular weight excluding hydrogens is 400 g/mol. The van der Waals surface area contributed by atoms with Crippen molar-refractivity contribution in [3.05, 3.63) is 87.6 Å². The monoisotopic (exact) mass is 420 g/mol. The van der Waals surface area contributed by atoms with Crippen LogP contribution in [0.4, 0.5) is 11.5 Å². The number of non-ortho nitro benzene ring substituents is 1. The van der Waals surface area contributed by atoms with Gasteiger partial charge in [0.05, 0.1) is 10.6 Å². The number of aliphatic hydroxyl groups is 1. The zero-order valence-corrected chi connectivity index (χ0v) is 16.7. The molecule has 1 atom stereocenters. The number of hydrogen-bond acceptors (Lipinski definition) is 8. The highest BCUT2D eigenvalue weighted by Gasteiger charge is 2.24. The topological polar surface area (TPSA) is 119 Å². The number of hydrogen-bond donors (Lipinski definition) is 2. The minimum atomic E-state index is -0.452. The summed E-state index contributed by atoms with van der Waals surface area (Å²) in [5.74, 6) is 1.50. The Morgan fingerprint density at radius 3 is 2.61 bits per heavy atom. The highest BCUT2D eigenvalue weighted by Crippen LogP contribution is 2.38. The molecule has 0 fully saturated rings. The van der Waals surface area contributed by atoms with E-state index < -0.39 is 4.92 Å². The lowest BCUT2D eigenvalue weighted by molar-refractivity contribution is -0.384. The van der Waals surface area contributed by atoms with Gasteiger partial charge in [-0.2, -0.15) is 5.10 Å². The Hall–Kier alpha value is -3.98. The Kier molecular flexibility index (Phi) is 5.76. The van der Waals surface area contributed by atoms with Crippen LogP contribution >= 0.6 is 0 Å². The van der Waals surface area contributed by atoms with Gasteiger partial charge in [-0.25, -0.2) is 4.98 Å². The summed E-state index contributed by atoms with van der Waals surface area (Å²) in [5, 5.41) is 25.4. The van der Waals surface area contributed by atoms with Crippen LogP contribution in [0, 0.1) is 10.1 Å². The maximum Gasteiger partial charge on any atom is 0.269 e. The summed E-state index contributed by atoms with van der Waals surface area (Å²) in [5.41, 5.74) is 5.62. The highest BCUT2D eigenvalue weighted by atomic mass is 16.7. The minimum Gasteiger partial charge on any atom is -0.454 e. The van der Waals surface area contributed by atoms with E-state index in [1.807, 2.05) is 25.1 Å². The fraction of sp³-hybridized carbons (Fsp3) is 0.182. The standard InChI is InChI=1S/C22H20N4O5/c1-14(12-27)17-10-19-20(31-13-30-19)11-18(17)22(25-24-21-4-2-3-9-23-21)15-5-7-16(8-6-15)26(28)29/h2-11,14,27H,12-13H2,1H3,(H,23,24)/b25-22+. The second-order valence-electron chi connectivity index (χ2n) is 6.97. The Morgan fingerprint density at radius 1 is 1.23 bits per heavy atom. The number of aromatic nitrogens is 1. The van der Waals surface area contributed by atoms with E-state index in [9.17, 15) is 15.2 Å². The number of nitro groups is 1. The molecule has 4 rings (SSSR count). The average molecular weight is 420 g/mol. The quantitative estimate of drug-likeness (QED) is 0.340. The third kappa shape index (κ3) is 4.31.